The number of nitrogens with zero attached hydrogens (tertiary/aromatic N) is 3. The maximum absolute atomic E-state index is 12.9. The van der Waals surface area contributed by atoms with Crippen LogP contribution < -0.4 is 14.8 Å². The number of benzene rings is 2. The van der Waals surface area contributed by atoms with Crippen LogP contribution in [0.1, 0.15) is 23.6 Å². The number of carbonyl (C=O) groups is 1. The lowest BCUT2D eigenvalue weighted by atomic mass is 9.94. The Labute approximate surface area is 212 Å². The Hall–Kier alpha value is -2.46. The molecular formula is C24H26BrClN4O4. The standard InChI is InChI=1S/C24H25BrN4O4.ClH/c1-31-20-12-17-19(13-21(20)33-8-2-5-29-6-9-32-10-7-29)26-14-27-23(17)22-16-11-15(25)3-4-18(16)28-24(22)30;/h3-4,11-14,22H,2,5-10H2,1H3,(H,28,30);1H. The van der Waals surface area contributed by atoms with Crippen molar-refractivity contribution in [1.82, 2.24) is 14.9 Å². The number of rotatable bonds is 7. The van der Waals surface area contributed by atoms with Crippen LogP contribution >= 0.6 is 28.3 Å². The van der Waals surface area contributed by atoms with Gasteiger partial charge in [0.25, 0.3) is 0 Å². The van der Waals surface area contributed by atoms with Crippen LogP contribution in [0.3, 0.4) is 0 Å². The molecule has 0 radical (unpaired) electrons. The van der Waals surface area contributed by atoms with Crippen molar-refractivity contribution in [1.29, 1.82) is 0 Å². The highest BCUT2D eigenvalue weighted by atomic mass is 79.9. The molecular weight excluding hydrogens is 524 g/mol. The van der Waals surface area contributed by atoms with Crippen LogP contribution in [0.25, 0.3) is 10.9 Å². The van der Waals surface area contributed by atoms with Crippen LogP contribution in [0.15, 0.2) is 41.1 Å². The first-order valence-corrected chi connectivity index (χ1v) is 11.8. The van der Waals surface area contributed by atoms with Crippen LogP contribution in [0.2, 0.25) is 0 Å². The van der Waals surface area contributed by atoms with Crippen LogP contribution in [-0.2, 0) is 9.53 Å². The topological polar surface area (TPSA) is 85.8 Å². The Morgan fingerprint density at radius 2 is 2.00 bits per heavy atom. The normalized spacial score (nSPS) is 17.7. The second-order valence-corrected chi connectivity index (χ2v) is 9.00. The number of hydrogen-bond donors (Lipinski definition) is 1. The molecule has 2 aliphatic rings. The third kappa shape index (κ3) is 4.98. The fourth-order valence-corrected chi connectivity index (χ4v) is 4.76. The summed E-state index contributed by atoms with van der Waals surface area (Å²) in [7, 11) is 1.61. The van der Waals surface area contributed by atoms with Gasteiger partial charge >= 0.3 is 0 Å². The van der Waals surface area contributed by atoms with Gasteiger partial charge in [-0.1, -0.05) is 15.9 Å². The Bertz CT molecular complexity index is 1190. The zero-order chi connectivity index (χ0) is 22.8. The van der Waals surface area contributed by atoms with Crippen molar-refractivity contribution in [2.24, 2.45) is 0 Å². The summed E-state index contributed by atoms with van der Waals surface area (Å²) in [6.07, 6.45) is 2.40. The first kappa shape index (κ1) is 24.7. The van der Waals surface area contributed by atoms with Crippen LogP contribution in [0.5, 0.6) is 11.5 Å². The van der Waals surface area contributed by atoms with Gasteiger partial charge in [0, 0.05) is 41.2 Å². The molecule has 0 spiro atoms. The molecule has 1 amide bonds. The molecule has 0 bridgehead atoms. The maximum atomic E-state index is 12.9. The SMILES string of the molecule is COc1cc2c(C3C(=O)Nc4ccc(Br)cc43)ncnc2cc1OCCCN1CCOCC1.Cl. The quantitative estimate of drug-likeness (QED) is 0.446. The van der Waals surface area contributed by atoms with E-state index in [1.54, 1.807) is 7.11 Å². The molecule has 1 aromatic heterocycles. The molecule has 34 heavy (non-hydrogen) atoms. The number of halogens is 2. The van der Waals surface area contributed by atoms with E-state index in [1.165, 1.54) is 6.33 Å². The smallest absolute Gasteiger partial charge is 0.238 e. The molecule has 5 rings (SSSR count). The van der Waals surface area contributed by atoms with Crippen LogP contribution in [0, 0.1) is 0 Å². The summed E-state index contributed by atoms with van der Waals surface area (Å²) >= 11 is 3.50. The number of amides is 1. The van der Waals surface area contributed by atoms with E-state index in [-0.39, 0.29) is 18.3 Å². The molecule has 180 valence electrons. The number of aromatic nitrogens is 2. The van der Waals surface area contributed by atoms with E-state index < -0.39 is 5.92 Å². The lowest BCUT2D eigenvalue weighted by molar-refractivity contribution is -0.116. The molecule has 1 unspecified atom stereocenters. The summed E-state index contributed by atoms with van der Waals surface area (Å²) < 4.78 is 18.0. The fourth-order valence-electron chi connectivity index (χ4n) is 4.39. The van der Waals surface area contributed by atoms with Crippen molar-refractivity contribution in [2.45, 2.75) is 12.3 Å². The van der Waals surface area contributed by atoms with Gasteiger partial charge in [-0.2, -0.15) is 0 Å². The second-order valence-electron chi connectivity index (χ2n) is 8.09. The van der Waals surface area contributed by atoms with Crippen molar-refractivity contribution in [3.63, 3.8) is 0 Å². The first-order chi connectivity index (χ1) is 16.1. The minimum absolute atomic E-state index is 0. The summed E-state index contributed by atoms with van der Waals surface area (Å²) in [5, 5.41) is 3.72. The Kier molecular flexibility index (Phi) is 7.88. The summed E-state index contributed by atoms with van der Waals surface area (Å²) in [6.45, 7) is 5.06. The predicted molar refractivity (Wildman–Crippen MR) is 135 cm³/mol. The highest BCUT2D eigenvalue weighted by molar-refractivity contribution is 9.10. The maximum Gasteiger partial charge on any atom is 0.238 e. The average Bonchev–Trinajstić information content (AvgIpc) is 3.16. The number of carbonyl (C=O) groups excluding carboxylic acids is 1. The lowest BCUT2D eigenvalue weighted by Crippen LogP contribution is -2.37. The number of nitrogens with one attached hydrogen (secondary N) is 1. The van der Waals surface area contributed by atoms with Crippen molar-refractivity contribution >= 4 is 50.8 Å². The predicted octanol–water partition coefficient (Wildman–Crippen LogP) is 4.01. The molecule has 3 aromatic rings. The summed E-state index contributed by atoms with van der Waals surface area (Å²) in [6, 6.07) is 9.48. The third-order valence-electron chi connectivity index (χ3n) is 6.05. The number of ether oxygens (including phenoxy) is 3. The molecule has 0 saturated carbocycles. The number of hydrogen-bond acceptors (Lipinski definition) is 7. The molecule has 0 aliphatic carbocycles. The van der Waals surface area contributed by atoms with E-state index in [0.717, 1.165) is 60.4 Å². The zero-order valence-corrected chi connectivity index (χ0v) is 21.2. The molecule has 1 saturated heterocycles. The molecule has 3 heterocycles. The van der Waals surface area contributed by atoms with Crippen molar-refractivity contribution in [2.75, 3.05) is 51.9 Å². The summed E-state index contributed by atoms with van der Waals surface area (Å²) in [5.74, 6) is 0.604. The van der Waals surface area contributed by atoms with Crippen LogP contribution in [0.4, 0.5) is 5.69 Å². The number of methoxy groups -OCH3 is 1. The molecule has 2 aromatic carbocycles. The number of anilines is 1. The van der Waals surface area contributed by atoms with Gasteiger partial charge in [-0.15, -0.1) is 12.4 Å². The van der Waals surface area contributed by atoms with Gasteiger partial charge in [0.05, 0.1) is 38.1 Å². The first-order valence-electron chi connectivity index (χ1n) is 11.0. The fraction of sp³-hybridized carbons (Fsp3) is 0.375. The van der Waals surface area contributed by atoms with Gasteiger partial charge < -0.3 is 19.5 Å². The van der Waals surface area contributed by atoms with Gasteiger partial charge in [0.1, 0.15) is 12.2 Å². The van der Waals surface area contributed by atoms with Crippen molar-refractivity contribution < 1.29 is 19.0 Å². The minimum Gasteiger partial charge on any atom is -0.493 e. The van der Waals surface area contributed by atoms with E-state index in [1.807, 2.05) is 30.3 Å². The van der Waals surface area contributed by atoms with E-state index in [4.69, 9.17) is 14.2 Å². The Morgan fingerprint density at radius 1 is 1.18 bits per heavy atom. The molecule has 1 N–H and O–H groups in total. The van der Waals surface area contributed by atoms with Gasteiger partial charge in [-0.3, -0.25) is 9.69 Å². The summed E-state index contributed by atoms with van der Waals surface area (Å²) in [5.41, 5.74) is 3.04. The van der Waals surface area contributed by atoms with Gasteiger partial charge in [-0.05, 0) is 36.2 Å². The monoisotopic (exact) mass is 548 g/mol. The highest BCUT2D eigenvalue weighted by Crippen LogP contribution is 2.41. The van der Waals surface area contributed by atoms with Gasteiger partial charge in [0.2, 0.25) is 5.91 Å². The van der Waals surface area contributed by atoms with E-state index in [2.05, 4.69) is 36.1 Å². The van der Waals surface area contributed by atoms with E-state index >= 15 is 0 Å². The van der Waals surface area contributed by atoms with Crippen molar-refractivity contribution in [3.8, 4) is 11.5 Å². The Balaban J connectivity index is 0.00000274. The molecule has 8 nitrogen and oxygen atoms in total. The minimum atomic E-state index is -0.520. The second kappa shape index (κ2) is 10.9. The molecule has 2 aliphatic heterocycles. The highest BCUT2D eigenvalue weighted by Gasteiger charge is 2.34. The molecule has 1 atom stereocenters. The third-order valence-corrected chi connectivity index (χ3v) is 6.54. The largest absolute Gasteiger partial charge is 0.493 e. The average molecular weight is 550 g/mol. The molecule has 1 fully saturated rings. The number of morpholine rings is 1. The van der Waals surface area contributed by atoms with Gasteiger partial charge in [-0.25, -0.2) is 9.97 Å². The number of fused-ring (bicyclic) bond motifs is 2. The summed E-state index contributed by atoms with van der Waals surface area (Å²) in [4.78, 5) is 24.2. The lowest BCUT2D eigenvalue weighted by Gasteiger charge is -2.26. The van der Waals surface area contributed by atoms with E-state index in [0.29, 0.717) is 29.3 Å². The van der Waals surface area contributed by atoms with Crippen molar-refractivity contribution in [3.05, 3.63) is 52.4 Å². The van der Waals surface area contributed by atoms with Gasteiger partial charge in [0.15, 0.2) is 11.5 Å². The Morgan fingerprint density at radius 3 is 2.79 bits per heavy atom. The molecule has 10 heteroatoms. The zero-order valence-electron chi connectivity index (χ0n) is 18.8. The van der Waals surface area contributed by atoms with Crippen LogP contribution in [-0.4, -0.2) is 67.3 Å². The van der Waals surface area contributed by atoms with E-state index in [9.17, 15) is 4.79 Å².